The number of aryl methyl sites for hydroxylation is 1. The Morgan fingerprint density at radius 2 is 2.06 bits per heavy atom. The first-order chi connectivity index (χ1) is 7.54. The van der Waals surface area contributed by atoms with Crippen LogP contribution in [-0.4, -0.2) is 20.6 Å². The summed E-state index contributed by atoms with van der Waals surface area (Å²) in [7, 11) is 4.24. The molecule has 1 aliphatic rings. The predicted octanol–water partition coefficient (Wildman–Crippen LogP) is 2.66. The van der Waals surface area contributed by atoms with Crippen molar-refractivity contribution in [1.29, 1.82) is 0 Å². The Labute approximate surface area is 98.7 Å². The van der Waals surface area contributed by atoms with E-state index in [1.807, 2.05) is 0 Å². The van der Waals surface area contributed by atoms with Crippen LogP contribution in [0.5, 0.6) is 0 Å². The SMILES string of the molecule is Cc1cccc(N(C)C)c1C1(C)CCCN1. The Morgan fingerprint density at radius 1 is 1.31 bits per heavy atom. The molecule has 0 saturated carbocycles. The summed E-state index contributed by atoms with van der Waals surface area (Å²) in [5.74, 6) is 0. The molecular formula is C14H22N2. The average molecular weight is 218 g/mol. The van der Waals surface area contributed by atoms with Crippen LogP contribution in [0.1, 0.15) is 30.9 Å². The normalized spacial score (nSPS) is 24.8. The number of benzene rings is 1. The molecule has 1 heterocycles. The van der Waals surface area contributed by atoms with E-state index in [-0.39, 0.29) is 5.54 Å². The minimum atomic E-state index is 0.158. The van der Waals surface area contributed by atoms with Crippen LogP contribution < -0.4 is 10.2 Å². The number of rotatable bonds is 2. The van der Waals surface area contributed by atoms with Crippen LogP contribution >= 0.6 is 0 Å². The molecule has 16 heavy (non-hydrogen) atoms. The molecule has 2 nitrogen and oxygen atoms in total. The molecule has 1 unspecified atom stereocenters. The maximum Gasteiger partial charge on any atom is 0.0429 e. The van der Waals surface area contributed by atoms with Gasteiger partial charge < -0.3 is 10.2 Å². The average Bonchev–Trinajstić information content (AvgIpc) is 2.65. The van der Waals surface area contributed by atoms with Gasteiger partial charge in [0, 0.05) is 25.3 Å². The Kier molecular flexibility index (Phi) is 2.94. The van der Waals surface area contributed by atoms with Gasteiger partial charge in [-0.1, -0.05) is 12.1 Å². The maximum absolute atomic E-state index is 3.66. The Bertz CT molecular complexity index is 376. The molecule has 2 rings (SSSR count). The molecule has 1 aromatic rings. The van der Waals surface area contributed by atoms with Crippen LogP contribution in [0, 0.1) is 6.92 Å². The minimum Gasteiger partial charge on any atom is -0.377 e. The van der Waals surface area contributed by atoms with E-state index in [4.69, 9.17) is 0 Å². The van der Waals surface area contributed by atoms with Gasteiger partial charge in [-0.2, -0.15) is 0 Å². The summed E-state index contributed by atoms with van der Waals surface area (Å²) in [6.45, 7) is 5.68. The first kappa shape index (κ1) is 11.5. The van der Waals surface area contributed by atoms with E-state index in [1.54, 1.807) is 0 Å². The van der Waals surface area contributed by atoms with E-state index in [1.165, 1.54) is 29.7 Å². The third kappa shape index (κ3) is 1.82. The van der Waals surface area contributed by atoms with Crippen molar-refractivity contribution in [3.63, 3.8) is 0 Å². The standard InChI is InChI=1S/C14H22N2/c1-11-7-5-8-12(16(3)4)13(11)14(2)9-6-10-15-14/h5,7-8,15H,6,9-10H2,1-4H3. The van der Waals surface area contributed by atoms with E-state index in [9.17, 15) is 0 Å². The second-order valence-electron chi connectivity index (χ2n) is 5.23. The Hall–Kier alpha value is -1.02. The van der Waals surface area contributed by atoms with Crippen LogP contribution in [0.25, 0.3) is 0 Å². The third-order valence-electron chi connectivity index (χ3n) is 3.65. The van der Waals surface area contributed by atoms with Gasteiger partial charge in [0.05, 0.1) is 0 Å². The highest BCUT2D eigenvalue weighted by Crippen LogP contribution is 2.38. The van der Waals surface area contributed by atoms with Crippen molar-refractivity contribution in [1.82, 2.24) is 5.32 Å². The summed E-state index contributed by atoms with van der Waals surface area (Å²) in [5.41, 5.74) is 4.36. The summed E-state index contributed by atoms with van der Waals surface area (Å²) < 4.78 is 0. The summed E-state index contributed by atoms with van der Waals surface area (Å²) in [6, 6.07) is 6.58. The smallest absolute Gasteiger partial charge is 0.0429 e. The van der Waals surface area contributed by atoms with Gasteiger partial charge in [-0.25, -0.2) is 0 Å². The fraction of sp³-hybridized carbons (Fsp3) is 0.571. The molecule has 1 atom stereocenters. The first-order valence-electron chi connectivity index (χ1n) is 6.07. The fourth-order valence-electron chi connectivity index (χ4n) is 2.85. The molecule has 0 bridgehead atoms. The van der Waals surface area contributed by atoms with Gasteiger partial charge in [-0.3, -0.25) is 0 Å². The van der Waals surface area contributed by atoms with Gasteiger partial charge in [0.2, 0.25) is 0 Å². The molecule has 1 aromatic carbocycles. The summed E-state index contributed by atoms with van der Waals surface area (Å²) in [4.78, 5) is 2.22. The van der Waals surface area contributed by atoms with E-state index in [0.717, 1.165) is 6.54 Å². The molecule has 0 radical (unpaired) electrons. The molecule has 0 aromatic heterocycles. The molecule has 0 spiro atoms. The Balaban J connectivity index is 2.53. The highest BCUT2D eigenvalue weighted by atomic mass is 15.1. The second kappa shape index (κ2) is 4.10. The van der Waals surface area contributed by atoms with E-state index in [0.29, 0.717) is 0 Å². The van der Waals surface area contributed by atoms with Gasteiger partial charge >= 0.3 is 0 Å². The van der Waals surface area contributed by atoms with E-state index >= 15 is 0 Å². The zero-order valence-electron chi connectivity index (χ0n) is 10.8. The van der Waals surface area contributed by atoms with Gasteiger partial charge in [0.15, 0.2) is 0 Å². The second-order valence-corrected chi connectivity index (χ2v) is 5.23. The van der Waals surface area contributed by atoms with Crippen LogP contribution in [0.2, 0.25) is 0 Å². The molecule has 0 amide bonds. The monoisotopic (exact) mass is 218 g/mol. The van der Waals surface area contributed by atoms with Crippen LogP contribution in [0.15, 0.2) is 18.2 Å². The van der Waals surface area contributed by atoms with Crippen molar-refractivity contribution in [2.24, 2.45) is 0 Å². The lowest BCUT2D eigenvalue weighted by Crippen LogP contribution is -2.35. The lowest BCUT2D eigenvalue weighted by atomic mass is 9.85. The summed E-state index contributed by atoms with van der Waals surface area (Å²) in [5, 5.41) is 3.66. The van der Waals surface area contributed by atoms with Crippen molar-refractivity contribution >= 4 is 5.69 Å². The molecule has 88 valence electrons. The molecule has 1 fully saturated rings. The largest absolute Gasteiger partial charge is 0.377 e. The topological polar surface area (TPSA) is 15.3 Å². The first-order valence-corrected chi connectivity index (χ1v) is 6.07. The highest BCUT2D eigenvalue weighted by Gasteiger charge is 2.33. The van der Waals surface area contributed by atoms with Crippen LogP contribution in [-0.2, 0) is 5.54 Å². The minimum absolute atomic E-state index is 0.158. The number of nitrogens with zero attached hydrogens (tertiary/aromatic N) is 1. The third-order valence-corrected chi connectivity index (χ3v) is 3.65. The van der Waals surface area contributed by atoms with Gasteiger partial charge in [0.1, 0.15) is 0 Å². The molecule has 1 N–H and O–H groups in total. The van der Waals surface area contributed by atoms with E-state index < -0.39 is 0 Å². The maximum atomic E-state index is 3.66. The van der Waals surface area contributed by atoms with Crippen molar-refractivity contribution in [3.8, 4) is 0 Å². The summed E-state index contributed by atoms with van der Waals surface area (Å²) in [6.07, 6.45) is 2.51. The van der Waals surface area contributed by atoms with Crippen LogP contribution in [0.3, 0.4) is 0 Å². The van der Waals surface area contributed by atoms with Gasteiger partial charge in [0.25, 0.3) is 0 Å². The number of anilines is 1. The van der Waals surface area contributed by atoms with Crippen LogP contribution in [0.4, 0.5) is 5.69 Å². The van der Waals surface area contributed by atoms with Crippen molar-refractivity contribution in [3.05, 3.63) is 29.3 Å². The zero-order valence-corrected chi connectivity index (χ0v) is 10.8. The lowest BCUT2D eigenvalue weighted by Gasteiger charge is -2.32. The predicted molar refractivity (Wildman–Crippen MR) is 70.1 cm³/mol. The molecule has 0 aliphatic carbocycles. The highest BCUT2D eigenvalue weighted by molar-refractivity contribution is 5.59. The quantitative estimate of drug-likeness (QED) is 0.821. The van der Waals surface area contributed by atoms with Crippen molar-refractivity contribution < 1.29 is 0 Å². The molecular weight excluding hydrogens is 196 g/mol. The molecule has 1 aliphatic heterocycles. The summed E-state index contributed by atoms with van der Waals surface area (Å²) >= 11 is 0. The number of nitrogens with one attached hydrogen (secondary N) is 1. The number of hydrogen-bond acceptors (Lipinski definition) is 2. The fourth-order valence-corrected chi connectivity index (χ4v) is 2.85. The number of hydrogen-bond donors (Lipinski definition) is 1. The Morgan fingerprint density at radius 3 is 2.62 bits per heavy atom. The van der Waals surface area contributed by atoms with Gasteiger partial charge in [-0.15, -0.1) is 0 Å². The zero-order chi connectivity index (χ0) is 11.8. The lowest BCUT2D eigenvalue weighted by molar-refractivity contribution is 0.433. The van der Waals surface area contributed by atoms with E-state index in [2.05, 4.69) is 56.4 Å². The molecule has 1 saturated heterocycles. The van der Waals surface area contributed by atoms with Crippen molar-refractivity contribution in [2.75, 3.05) is 25.5 Å². The van der Waals surface area contributed by atoms with Gasteiger partial charge in [-0.05, 0) is 50.4 Å². The molecule has 2 heteroatoms. The van der Waals surface area contributed by atoms with Crippen molar-refractivity contribution in [2.45, 2.75) is 32.2 Å².